The van der Waals surface area contributed by atoms with E-state index in [9.17, 15) is 8.78 Å². The first-order valence-corrected chi connectivity index (χ1v) is 16.2. The first-order valence-electron chi connectivity index (χ1n) is 16.2. The van der Waals surface area contributed by atoms with Gasteiger partial charge in [-0.2, -0.15) is 9.97 Å². The molecule has 4 aromatic rings. The lowest BCUT2D eigenvalue weighted by molar-refractivity contribution is 0.107. The molecule has 2 aromatic heterocycles. The van der Waals surface area contributed by atoms with Gasteiger partial charge < -0.3 is 19.7 Å². The van der Waals surface area contributed by atoms with Crippen LogP contribution in [0.2, 0.25) is 0 Å². The molecule has 5 aliphatic heterocycles. The number of hydrogen-bond donors (Lipinski definition) is 1. The van der Waals surface area contributed by atoms with Gasteiger partial charge >= 0.3 is 6.01 Å². The van der Waals surface area contributed by atoms with E-state index in [1.807, 2.05) is 6.92 Å². The molecule has 0 aliphatic carbocycles. The molecule has 0 radical (unpaired) electrons. The van der Waals surface area contributed by atoms with Gasteiger partial charge in [0.15, 0.2) is 5.82 Å². The van der Waals surface area contributed by atoms with Crippen LogP contribution in [0.4, 0.5) is 19.0 Å². The molecular weight excluding hydrogens is 605 g/mol. The molecule has 0 saturated carbocycles. The molecule has 47 heavy (non-hydrogen) atoms. The number of halogens is 3. The standard InChI is InChI=1S/C36H33F3N6O2/c1-4-23-25(38)10-8-20-6-5-7-24(27(20)23)30-29(39)31-28-33(45-16-22-9-11-26(40-22)32(45)19(3)47-34(28)41-30)43-35(42-31)46-17-36-12-18(2)14-44(36)15-21(37)13-36/h1,5-8,10,19,21-22,26,32,40H,2,9,11-17H2,3H3/t19-,21+,22+,26-,32+,36?/m0/s1. The predicted molar refractivity (Wildman–Crippen MR) is 172 cm³/mol. The molecule has 2 bridgehead atoms. The van der Waals surface area contributed by atoms with Crippen LogP contribution < -0.4 is 19.7 Å². The fraction of sp³-hybridized carbons (Fsp3) is 0.417. The molecule has 7 heterocycles. The van der Waals surface area contributed by atoms with Gasteiger partial charge in [-0.15, -0.1) is 6.42 Å². The Morgan fingerprint density at radius 1 is 1.15 bits per heavy atom. The van der Waals surface area contributed by atoms with Gasteiger partial charge in [0.1, 0.15) is 47.1 Å². The molecule has 9 rings (SSSR count). The van der Waals surface area contributed by atoms with E-state index in [4.69, 9.17) is 25.9 Å². The number of hydrogen-bond acceptors (Lipinski definition) is 8. The summed E-state index contributed by atoms with van der Waals surface area (Å²) in [7, 11) is 0. The Balaban J connectivity index is 1.25. The van der Waals surface area contributed by atoms with Crippen LogP contribution in [-0.2, 0) is 0 Å². The largest absolute Gasteiger partial charge is 0.472 e. The molecule has 0 amide bonds. The van der Waals surface area contributed by atoms with Crippen molar-refractivity contribution in [3.8, 4) is 35.5 Å². The predicted octanol–water partition coefficient (Wildman–Crippen LogP) is 5.32. The fourth-order valence-electron chi connectivity index (χ4n) is 8.87. The second-order valence-electron chi connectivity index (χ2n) is 13.7. The molecule has 5 aliphatic rings. The zero-order chi connectivity index (χ0) is 32.2. The average Bonchev–Trinajstić information content (AvgIpc) is 3.65. The molecule has 1 unspecified atom stereocenters. The van der Waals surface area contributed by atoms with E-state index in [2.05, 4.69) is 32.6 Å². The van der Waals surface area contributed by atoms with Crippen molar-refractivity contribution >= 4 is 27.5 Å². The molecule has 4 saturated heterocycles. The molecule has 11 heteroatoms. The van der Waals surface area contributed by atoms with Crippen molar-refractivity contribution in [3.63, 3.8) is 0 Å². The highest BCUT2D eigenvalue weighted by atomic mass is 19.1. The maximum atomic E-state index is 17.1. The molecule has 1 N–H and O–H groups in total. The molecule has 2 aromatic carbocycles. The summed E-state index contributed by atoms with van der Waals surface area (Å²) >= 11 is 0. The van der Waals surface area contributed by atoms with Crippen LogP contribution in [0.25, 0.3) is 32.9 Å². The van der Waals surface area contributed by atoms with E-state index >= 15 is 4.39 Å². The number of pyridine rings is 1. The van der Waals surface area contributed by atoms with E-state index in [0.29, 0.717) is 60.0 Å². The van der Waals surface area contributed by atoms with Crippen LogP contribution in [-0.4, -0.2) is 82.0 Å². The second kappa shape index (κ2) is 10.3. The molecular formula is C36H33F3N6O2. The minimum atomic E-state index is -0.961. The number of rotatable bonds is 4. The average molecular weight is 639 g/mol. The minimum Gasteiger partial charge on any atom is -0.472 e. The number of nitrogens with zero attached hydrogens (tertiary/aromatic N) is 5. The zero-order valence-corrected chi connectivity index (χ0v) is 25.9. The summed E-state index contributed by atoms with van der Waals surface area (Å²) in [5.41, 5.74) is 0.751. The van der Waals surface area contributed by atoms with Crippen molar-refractivity contribution in [2.24, 2.45) is 0 Å². The lowest BCUT2D eigenvalue weighted by Gasteiger charge is -2.42. The Labute approximate surface area is 270 Å². The summed E-state index contributed by atoms with van der Waals surface area (Å²) in [4.78, 5) is 18.6. The van der Waals surface area contributed by atoms with Crippen molar-refractivity contribution in [2.45, 2.75) is 68.5 Å². The van der Waals surface area contributed by atoms with E-state index in [0.717, 1.165) is 18.4 Å². The van der Waals surface area contributed by atoms with Crippen molar-refractivity contribution in [1.29, 1.82) is 0 Å². The fourth-order valence-corrected chi connectivity index (χ4v) is 8.87. The van der Waals surface area contributed by atoms with Crippen LogP contribution in [0, 0.1) is 24.0 Å². The Hall–Kier alpha value is -4.40. The number of alkyl halides is 1. The summed E-state index contributed by atoms with van der Waals surface area (Å²) in [5.74, 6) is 1.84. The number of benzene rings is 2. The highest BCUT2D eigenvalue weighted by Crippen LogP contribution is 2.46. The number of terminal acetylenes is 1. The first-order chi connectivity index (χ1) is 22.7. The van der Waals surface area contributed by atoms with Crippen molar-refractivity contribution < 1.29 is 22.6 Å². The van der Waals surface area contributed by atoms with Crippen molar-refractivity contribution in [1.82, 2.24) is 25.2 Å². The molecule has 0 spiro atoms. The summed E-state index contributed by atoms with van der Waals surface area (Å²) < 4.78 is 59.6. The van der Waals surface area contributed by atoms with Crippen LogP contribution in [0.1, 0.15) is 38.2 Å². The first kappa shape index (κ1) is 28.8. The van der Waals surface area contributed by atoms with Crippen molar-refractivity contribution in [3.05, 3.63) is 59.7 Å². The van der Waals surface area contributed by atoms with Crippen LogP contribution >= 0.6 is 0 Å². The lowest BCUT2D eigenvalue weighted by atomic mass is 9.93. The molecule has 8 nitrogen and oxygen atoms in total. The Kier molecular flexibility index (Phi) is 6.31. The van der Waals surface area contributed by atoms with E-state index in [1.54, 1.807) is 24.3 Å². The second-order valence-corrected chi connectivity index (χ2v) is 13.7. The number of fused-ring (bicyclic) bond motifs is 7. The number of aromatic nitrogens is 3. The lowest BCUT2D eigenvalue weighted by Crippen LogP contribution is -2.62. The van der Waals surface area contributed by atoms with Gasteiger partial charge in [0.2, 0.25) is 5.88 Å². The molecule has 240 valence electrons. The summed E-state index contributed by atoms with van der Waals surface area (Å²) in [6.07, 6.45) is 7.40. The van der Waals surface area contributed by atoms with Gasteiger partial charge in [-0.3, -0.25) is 4.90 Å². The summed E-state index contributed by atoms with van der Waals surface area (Å²) in [6, 6.07) is 8.43. The van der Waals surface area contributed by atoms with Gasteiger partial charge in [0.25, 0.3) is 0 Å². The number of anilines is 1. The quantitative estimate of drug-likeness (QED) is 0.238. The zero-order valence-electron chi connectivity index (χ0n) is 25.9. The van der Waals surface area contributed by atoms with Crippen LogP contribution in [0.5, 0.6) is 11.9 Å². The number of ether oxygens (including phenoxy) is 2. The monoisotopic (exact) mass is 638 g/mol. The Morgan fingerprint density at radius 3 is 2.87 bits per heavy atom. The maximum absolute atomic E-state index is 17.1. The summed E-state index contributed by atoms with van der Waals surface area (Å²) in [5, 5.41) is 5.09. The Bertz CT molecular complexity index is 2050. The van der Waals surface area contributed by atoms with Gasteiger partial charge in [-0.25, -0.2) is 18.2 Å². The summed E-state index contributed by atoms with van der Waals surface area (Å²) in [6.45, 7) is 7.87. The minimum absolute atomic E-state index is 0.00361. The van der Waals surface area contributed by atoms with Gasteiger partial charge in [-0.05, 0) is 37.6 Å². The van der Waals surface area contributed by atoms with E-state index < -0.39 is 23.3 Å². The third-order valence-corrected chi connectivity index (χ3v) is 10.8. The number of nitrogens with one attached hydrogen (secondary N) is 1. The SMILES string of the molecule is C#Cc1c(F)ccc2cccc(-c3nc4c5c(nc(OCC67CC(=C)CN6C[C@H](F)C7)nc5c3F)N3C[C@H]5CC[C@H](N5)[C@H]3[C@H](C)O4)c12. The number of piperazine rings is 1. The third kappa shape index (κ3) is 4.27. The normalized spacial score (nSPS) is 29.5. The van der Waals surface area contributed by atoms with Crippen molar-refractivity contribution in [2.75, 3.05) is 31.1 Å². The molecule has 4 fully saturated rings. The smallest absolute Gasteiger partial charge is 0.319 e. The van der Waals surface area contributed by atoms with Gasteiger partial charge in [0, 0.05) is 49.1 Å². The van der Waals surface area contributed by atoms with Gasteiger partial charge in [0.05, 0.1) is 17.1 Å². The topological polar surface area (TPSA) is 75.6 Å². The van der Waals surface area contributed by atoms with Gasteiger partial charge in [-0.1, -0.05) is 42.3 Å². The van der Waals surface area contributed by atoms with Crippen LogP contribution in [0.3, 0.4) is 0 Å². The highest BCUT2D eigenvalue weighted by molar-refractivity contribution is 6.03. The Morgan fingerprint density at radius 2 is 2.02 bits per heavy atom. The third-order valence-electron chi connectivity index (χ3n) is 10.8. The maximum Gasteiger partial charge on any atom is 0.319 e. The van der Waals surface area contributed by atoms with E-state index in [1.165, 1.54) is 6.07 Å². The highest BCUT2D eigenvalue weighted by Gasteiger charge is 2.51. The van der Waals surface area contributed by atoms with E-state index in [-0.39, 0.29) is 59.5 Å². The molecule has 6 atom stereocenters. The van der Waals surface area contributed by atoms with Crippen LogP contribution in [0.15, 0.2) is 42.5 Å².